The van der Waals surface area contributed by atoms with Gasteiger partial charge in [0.05, 0.1) is 16.2 Å². The number of halogens is 2. The van der Waals surface area contributed by atoms with Crippen molar-refractivity contribution < 1.29 is 4.74 Å². The maximum Gasteiger partial charge on any atom is 0.151 e. The first-order valence-corrected chi connectivity index (χ1v) is 7.08. The van der Waals surface area contributed by atoms with Gasteiger partial charge in [-0.25, -0.2) is 0 Å². The van der Waals surface area contributed by atoms with Gasteiger partial charge in [0.1, 0.15) is 5.75 Å². The SMILES string of the molecule is Nc1c(Oc2ccc(Br)cc2Cl)ccc2ncccc12. The zero-order chi connectivity index (χ0) is 14.1. The molecule has 3 nitrogen and oxygen atoms in total. The summed E-state index contributed by atoms with van der Waals surface area (Å²) >= 11 is 9.50. The number of anilines is 1. The number of pyridine rings is 1. The minimum Gasteiger partial charge on any atom is -0.454 e. The molecule has 0 unspecified atom stereocenters. The standard InChI is InChI=1S/C15H10BrClN2O/c16-9-3-5-13(11(17)8-9)20-14-6-4-12-10(15(14)18)2-1-7-19-12/h1-8H,18H2. The number of rotatable bonds is 2. The molecular formula is C15H10BrClN2O. The second-order valence-corrected chi connectivity index (χ2v) is 5.55. The van der Waals surface area contributed by atoms with E-state index in [4.69, 9.17) is 22.1 Å². The first-order valence-electron chi connectivity index (χ1n) is 5.91. The Hall–Kier alpha value is -1.78. The Morgan fingerprint density at radius 1 is 1.10 bits per heavy atom. The minimum atomic E-state index is 0.519. The van der Waals surface area contributed by atoms with Crippen LogP contribution in [0.1, 0.15) is 0 Å². The first-order chi connectivity index (χ1) is 9.65. The number of nitrogens with two attached hydrogens (primary N) is 1. The van der Waals surface area contributed by atoms with Gasteiger partial charge >= 0.3 is 0 Å². The molecule has 0 aliphatic rings. The first kappa shape index (κ1) is 13.2. The molecule has 0 fully saturated rings. The Bertz CT molecular complexity index is 792. The van der Waals surface area contributed by atoms with Crippen molar-refractivity contribution in [2.45, 2.75) is 0 Å². The molecule has 0 spiro atoms. The molecule has 0 radical (unpaired) electrons. The topological polar surface area (TPSA) is 48.1 Å². The van der Waals surface area contributed by atoms with Crippen molar-refractivity contribution in [2.24, 2.45) is 0 Å². The molecule has 2 aromatic carbocycles. The summed E-state index contributed by atoms with van der Waals surface area (Å²) in [5, 5.41) is 1.38. The summed E-state index contributed by atoms with van der Waals surface area (Å²) < 4.78 is 6.69. The van der Waals surface area contributed by atoms with E-state index in [0.29, 0.717) is 22.2 Å². The number of aromatic nitrogens is 1. The maximum absolute atomic E-state index is 6.14. The molecule has 0 saturated carbocycles. The molecule has 1 aromatic heterocycles. The zero-order valence-corrected chi connectivity index (χ0v) is 12.6. The van der Waals surface area contributed by atoms with Crippen LogP contribution in [0.4, 0.5) is 5.69 Å². The molecule has 3 aromatic rings. The number of hydrogen-bond acceptors (Lipinski definition) is 3. The molecule has 1 heterocycles. The largest absolute Gasteiger partial charge is 0.454 e. The van der Waals surface area contributed by atoms with Crippen LogP contribution in [0.2, 0.25) is 5.02 Å². The lowest BCUT2D eigenvalue weighted by Gasteiger charge is -2.11. The lowest BCUT2D eigenvalue weighted by atomic mass is 10.1. The van der Waals surface area contributed by atoms with Gasteiger partial charge in [-0.1, -0.05) is 27.5 Å². The molecular weight excluding hydrogens is 340 g/mol. The van der Waals surface area contributed by atoms with Gasteiger partial charge in [-0.05, 0) is 42.5 Å². The van der Waals surface area contributed by atoms with Crippen molar-refractivity contribution in [3.05, 3.63) is 58.2 Å². The highest BCUT2D eigenvalue weighted by Gasteiger charge is 2.09. The molecule has 0 aliphatic carbocycles. The van der Waals surface area contributed by atoms with Gasteiger partial charge in [0.25, 0.3) is 0 Å². The number of ether oxygens (including phenoxy) is 1. The van der Waals surface area contributed by atoms with Crippen molar-refractivity contribution in [1.29, 1.82) is 0 Å². The summed E-state index contributed by atoms with van der Waals surface area (Å²) in [5.74, 6) is 1.12. The van der Waals surface area contributed by atoms with Crippen LogP contribution >= 0.6 is 27.5 Å². The third-order valence-corrected chi connectivity index (χ3v) is 3.69. The van der Waals surface area contributed by atoms with Crippen LogP contribution in [0.5, 0.6) is 11.5 Å². The van der Waals surface area contributed by atoms with Crippen molar-refractivity contribution >= 4 is 44.1 Å². The van der Waals surface area contributed by atoms with E-state index in [2.05, 4.69) is 20.9 Å². The molecule has 3 rings (SSSR count). The fourth-order valence-electron chi connectivity index (χ4n) is 1.92. The van der Waals surface area contributed by atoms with Crippen LogP contribution in [0, 0.1) is 0 Å². The smallest absolute Gasteiger partial charge is 0.151 e. The molecule has 0 aliphatic heterocycles. The van der Waals surface area contributed by atoms with Crippen molar-refractivity contribution in [2.75, 3.05) is 5.73 Å². The van der Waals surface area contributed by atoms with Crippen LogP contribution < -0.4 is 10.5 Å². The van der Waals surface area contributed by atoms with Gasteiger partial charge in [-0.15, -0.1) is 0 Å². The van der Waals surface area contributed by atoms with E-state index >= 15 is 0 Å². The average molecular weight is 350 g/mol. The quantitative estimate of drug-likeness (QED) is 0.660. The highest BCUT2D eigenvalue weighted by molar-refractivity contribution is 9.10. The lowest BCUT2D eigenvalue weighted by molar-refractivity contribution is 0.486. The highest BCUT2D eigenvalue weighted by Crippen LogP contribution is 2.36. The van der Waals surface area contributed by atoms with Crippen LogP contribution in [-0.2, 0) is 0 Å². The summed E-state index contributed by atoms with van der Waals surface area (Å²) in [5.41, 5.74) is 7.51. The predicted octanol–water partition coefficient (Wildman–Crippen LogP) is 5.03. The fraction of sp³-hybridized carbons (Fsp3) is 0. The maximum atomic E-state index is 6.14. The van der Waals surface area contributed by atoms with E-state index < -0.39 is 0 Å². The molecule has 100 valence electrons. The predicted molar refractivity (Wildman–Crippen MR) is 85.4 cm³/mol. The molecule has 0 amide bonds. The molecule has 2 N–H and O–H groups in total. The van der Waals surface area contributed by atoms with Gasteiger partial charge < -0.3 is 10.5 Å². The number of nitrogen functional groups attached to an aromatic ring is 1. The van der Waals surface area contributed by atoms with Crippen LogP contribution in [-0.4, -0.2) is 4.98 Å². The summed E-state index contributed by atoms with van der Waals surface area (Å²) in [7, 11) is 0. The van der Waals surface area contributed by atoms with Crippen LogP contribution in [0.25, 0.3) is 10.9 Å². The van der Waals surface area contributed by atoms with Crippen molar-refractivity contribution in [1.82, 2.24) is 4.98 Å². The number of benzene rings is 2. The summed E-state index contributed by atoms with van der Waals surface area (Å²) in [6.07, 6.45) is 1.73. The van der Waals surface area contributed by atoms with E-state index in [1.54, 1.807) is 24.4 Å². The van der Waals surface area contributed by atoms with E-state index in [9.17, 15) is 0 Å². The highest BCUT2D eigenvalue weighted by atomic mass is 79.9. The zero-order valence-electron chi connectivity index (χ0n) is 10.3. The van der Waals surface area contributed by atoms with Crippen molar-refractivity contribution in [3.63, 3.8) is 0 Å². The Kier molecular flexibility index (Phi) is 3.51. The molecule has 0 bridgehead atoms. The second-order valence-electron chi connectivity index (χ2n) is 4.22. The fourth-order valence-corrected chi connectivity index (χ4v) is 2.63. The molecule has 5 heteroatoms. The van der Waals surface area contributed by atoms with E-state index in [-0.39, 0.29) is 0 Å². The number of fused-ring (bicyclic) bond motifs is 1. The Morgan fingerprint density at radius 3 is 2.70 bits per heavy atom. The van der Waals surface area contributed by atoms with Gasteiger partial charge in [0, 0.05) is 16.1 Å². The minimum absolute atomic E-state index is 0.519. The average Bonchev–Trinajstić information content (AvgIpc) is 2.45. The van der Waals surface area contributed by atoms with Crippen molar-refractivity contribution in [3.8, 4) is 11.5 Å². The number of hydrogen-bond donors (Lipinski definition) is 1. The normalized spacial score (nSPS) is 10.7. The van der Waals surface area contributed by atoms with Gasteiger partial charge in [0.2, 0.25) is 0 Å². The number of nitrogens with zero attached hydrogens (tertiary/aromatic N) is 1. The molecule has 0 atom stereocenters. The molecule has 20 heavy (non-hydrogen) atoms. The van der Waals surface area contributed by atoms with E-state index in [1.807, 2.05) is 24.3 Å². The Labute approximate surface area is 129 Å². The van der Waals surface area contributed by atoms with Gasteiger partial charge in [-0.3, -0.25) is 4.98 Å². The van der Waals surface area contributed by atoms with E-state index in [0.717, 1.165) is 15.4 Å². The summed E-state index contributed by atoms with van der Waals surface area (Å²) in [6, 6.07) is 12.8. The third-order valence-electron chi connectivity index (χ3n) is 2.90. The second kappa shape index (κ2) is 5.31. The summed E-state index contributed by atoms with van der Waals surface area (Å²) in [4.78, 5) is 4.25. The molecule has 0 saturated heterocycles. The van der Waals surface area contributed by atoms with Gasteiger partial charge in [0.15, 0.2) is 5.75 Å². The van der Waals surface area contributed by atoms with Crippen LogP contribution in [0.3, 0.4) is 0 Å². The Morgan fingerprint density at radius 2 is 1.90 bits per heavy atom. The van der Waals surface area contributed by atoms with E-state index in [1.165, 1.54) is 0 Å². The lowest BCUT2D eigenvalue weighted by Crippen LogP contribution is -1.94. The monoisotopic (exact) mass is 348 g/mol. The van der Waals surface area contributed by atoms with Crippen LogP contribution in [0.15, 0.2) is 53.1 Å². The van der Waals surface area contributed by atoms with Gasteiger partial charge in [-0.2, -0.15) is 0 Å². The third kappa shape index (κ3) is 2.44. The summed E-state index contributed by atoms with van der Waals surface area (Å²) in [6.45, 7) is 0. The Balaban J connectivity index is 2.04.